The molecular formula is C10H14N6O5. The van der Waals surface area contributed by atoms with Crippen molar-refractivity contribution in [1.29, 1.82) is 0 Å². The second kappa shape index (κ2) is 7.34. The molecule has 0 aliphatic heterocycles. The van der Waals surface area contributed by atoms with Crippen LogP contribution in [0.2, 0.25) is 0 Å². The highest BCUT2D eigenvalue weighted by Crippen LogP contribution is 2.30. The Labute approximate surface area is 119 Å². The number of aliphatic hydroxyl groups is 1. The number of ether oxygens (including phenoxy) is 2. The number of hydrogen-bond donors (Lipinski definition) is 1. The molecule has 0 amide bonds. The lowest BCUT2D eigenvalue weighted by Crippen LogP contribution is -2.57. The van der Waals surface area contributed by atoms with Crippen molar-refractivity contribution < 1.29 is 24.2 Å². The van der Waals surface area contributed by atoms with Gasteiger partial charge in [0.1, 0.15) is 12.2 Å². The fourth-order valence-electron chi connectivity index (χ4n) is 2.18. The third kappa shape index (κ3) is 4.25. The summed E-state index contributed by atoms with van der Waals surface area (Å²) in [5.41, 5.74) is 17.0. The molecule has 0 spiro atoms. The van der Waals surface area contributed by atoms with Gasteiger partial charge in [-0.05, 0) is 17.5 Å². The third-order valence-corrected chi connectivity index (χ3v) is 2.92. The smallest absolute Gasteiger partial charge is 0.303 e. The van der Waals surface area contributed by atoms with Gasteiger partial charge in [0, 0.05) is 23.7 Å². The lowest BCUT2D eigenvalue weighted by Gasteiger charge is -2.40. The molecule has 0 aromatic heterocycles. The molecule has 0 radical (unpaired) electrons. The molecule has 1 aliphatic rings. The van der Waals surface area contributed by atoms with Gasteiger partial charge in [-0.3, -0.25) is 9.59 Å². The minimum atomic E-state index is -1.38. The lowest BCUT2D eigenvalue weighted by atomic mass is 9.84. The fraction of sp³-hybridized carbons (Fsp3) is 0.800. The number of rotatable bonds is 4. The second-order valence-electron chi connectivity index (χ2n) is 4.42. The number of carbonyl (C=O) groups excluding carboxylic acids is 2. The molecule has 0 unspecified atom stereocenters. The summed E-state index contributed by atoms with van der Waals surface area (Å²) >= 11 is 0. The molecular weight excluding hydrogens is 284 g/mol. The molecule has 1 N–H and O–H groups in total. The lowest BCUT2D eigenvalue weighted by molar-refractivity contribution is -0.184. The van der Waals surface area contributed by atoms with Crippen molar-refractivity contribution in [2.45, 2.75) is 50.7 Å². The van der Waals surface area contributed by atoms with Gasteiger partial charge in [-0.1, -0.05) is 10.2 Å². The van der Waals surface area contributed by atoms with E-state index in [1.54, 1.807) is 0 Å². The van der Waals surface area contributed by atoms with Crippen LogP contribution in [0.4, 0.5) is 0 Å². The van der Waals surface area contributed by atoms with E-state index in [2.05, 4.69) is 20.1 Å². The summed E-state index contributed by atoms with van der Waals surface area (Å²) in [6, 6.07) is -1.90. The fourth-order valence-corrected chi connectivity index (χ4v) is 2.18. The SMILES string of the molecule is CC(=O)O[C@@H]1[C@@H](OC(C)=O)[C@H](O)[C@@H](N=[N+]=[N-])C[C@H]1N=[N+]=[N-]. The molecule has 1 saturated carbocycles. The highest BCUT2D eigenvalue weighted by Gasteiger charge is 2.47. The third-order valence-electron chi connectivity index (χ3n) is 2.92. The van der Waals surface area contributed by atoms with Gasteiger partial charge >= 0.3 is 11.9 Å². The van der Waals surface area contributed by atoms with Crippen LogP contribution in [-0.4, -0.2) is 47.4 Å². The van der Waals surface area contributed by atoms with Gasteiger partial charge in [-0.2, -0.15) is 0 Å². The van der Waals surface area contributed by atoms with E-state index in [1.165, 1.54) is 0 Å². The molecule has 11 nitrogen and oxygen atoms in total. The van der Waals surface area contributed by atoms with Crippen molar-refractivity contribution >= 4 is 11.9 Å². The minimum Gasteiger partial charge on any atom is -0.458 e. The van der Waals surface area contributed by atoms with Gasteiger partial charge in [0.05, 0.1) is 12.1 Å². The average molecular weight is 298 g/mol. The molecule has 0 saturated heterocycles. The van der Waals surface area contributed by atoms with Crippen molar-refractivity contribution in [3.63, 3.8) is 0 Å². The zero-order chi connectivity index (χ0) is 16.0. The summed E-state index contributed by atoms with van der Waals surface area (Å²) in [5, 5.41) is 17.0. The summed E-state index contributed by atoms with van der Waals surface area (Å²) in [4.78, 5) is 27.5. The minimum absolute atomic E-state index is 0.0367. The van der Waals surface area contributed by atoms with Crippen molar-refractivity contribution in [3.8, 4) is 0 Å². The molecule has 1 fully saturated rings. The molecule has 114 valence electrons. The first-order chi connectivity index (χ1) is 9.90. The standard InChI is InChI=1S/C10H14N6O5/c1-4(17)20-9-7(14-16-12)3-6(13-15-11)8(19)10(9)21-5(2)18/h6-10,19H,3H2,1-2H3/t6-,7+,8+,9-,10-/m0/s1. The van der Waals surface area contributed by atoms with E-state index in [0.717, 1.165) is 13.8 Å². The van der Waals surface area contributed by atoms with Gasteiger partial charge in [0.15, 0.2) is 6.10 Å². The predicted molar refractivity (Wildman–Crippen MR) is 67.6 cm³/mol. The maximum atomic E-state index is 11.1. The summed E-state index contributed by atoms with van der Waals surface area (Å²) in [5.74, 6) is -1.41. The first kappa shape index (κ1) is 16.6. The number of carbonyl (C=O) groups is 2. The first-order valence-electron chi connectivity index (χ1n) is 6.01. The van der Waals surface area contributed by atoms with E-state index >= 15 is 0 Å². The molecule has 0 aromatic rings. The maximum Gasteiger partial charge on any atom is 0.303 e. The van der Waals surface area contributed by atoms with E-state index in [-0.39, 0.29) is 6.42 Å². The molecule has 1 rings (SSSR count). The predicted octanol–water partition coefficient (Wildman–Crippen LogP) is 0.972. The van der Waals surface area contributed by atoms with E-state index in [0.29, 0.717) is 0 Å². The normalized spacial score (nSPS) is 31.3. The van der Waals surface area contributed by atoms with Gasteiger partial charge < -0.3 is 14.6 Å². The molecule has 1 aliphatic carbocycles. The van der Waals surface area contributed by atoms with Crippen LogP contribution in [0.1, 0.15) is 20.3 Å². The van der Waals surface area contributed by atoms with E-state index < -0.39 is 42.3 Å². The Bertz CT molecular complexity index is 512. The highest BCUT2D eigenvalue weighted by atomic mass is 16.6. The number of aliphatic hydroxyl groups excluding tert-OH is 1. The van der Waals surface area contributed by atoms with Gasteiger partial charge in [-0.15, -0.1) is 0 Å². The van der Waals surface area contributed by atoms with Crippen LogP contribution < -0.4 is 0 Å². The maximum absolute atomic E-state index is 11.1. The summed E-state index contributed by atoms with van der Waals surface area (Å²) in [7, 11) is 0. The van der Waals surface area contributed by atoms with Crippen molar-refractivity contribution in [3.05, 3.63) is 20.9 Å². The molecule has 11 heteroatoms. The number of esters is 2. The molecule has 0 heterocycles. The van der Waals surface area contributed by atoms with E-state index in [4.69, 9.17) is 20.5 Å². The van der Waals surface area contributed by atoms with Crippen molar-refractivity contribution in [2.75, 3.05) is 0 Å². The molecule has 21 heavy (non-hydrogen) atoms. The molecule has 0 bridgehead atoms. The van der Waals surface area contributed by atoms with Gasteiger partial charge in [0.25, 0.3) is 0 Å². The van der Waals surface area contributed by atoms with Crippen LogP contribution in [0.15, 0.2) is 10.2 Å². The quantitative estimate of drug-likeness (QED) is 0.352. The topological polar surface area (TPSA) is 170 Å². The number of nitrogens with zero attached hydrogens (tertiary/aromatic N) is 6. The Hall–Kier alpha value is -2.48. The highest BCUT2D eigenvalue weighted by molar-refractivity contribution is 5.67. The summed E-state index contributed by atoms with van der Waals surface area (Å²) < 4.78 is 9.93. The molecule has 5 atom stereocenters. The average Bonchev–Trinajstić information content (AvgIpc) is 2.38. The van der Waals surface area contributed by atoms with Gasteiger partial charge in [0.2, 0.25) is 0 Å². The Kier molecular flexibility index (Phi) is 5.79. The van der Waals surface area contributed by atoms with Crippen LogP contribution in [0.5, 0.6) is 0 Å². The number of azide groups is 2. The Balaban J connectivity index is 3.17. The second-order valence-corrected chi connectivity index (χ2v) is 4.42. The summed E-state index contributed by atoms with van der Waals surface area (Å²) in [6.45, 7) is 2.24. The first-order valence-corrected chi connectivity index (χ1v) is 6.01. The van der Waals surface area contributed by atoms with Crippen LogP contribution in [0.25, 0.3) is 20.9 Å². The van der Waals surface area contributed by atoms with E-state index in [9.17, 15) is 14.7 Å². The Morgan fingerprint density at radius 1 is 1.05 bits per heavy atom. The Morgan fingerprint density at radius 2 is 1.52 bits per heavy atom. The van der Waals surface area contributed by atoms with Crippen molar-refractivity contribution in [2.24, 2.45) is 10.2 Å². The van der Waals surface area contributed by atoms with E-state index in [1.807, 2.05) is 0 Å². The zero-order valence-corrected chi connectivity index (χ0v) is 11.4. The number of hydrogen-bond acceptors (Lipinski definition) is 7. The molecule has 0 aromatic carbocycles. The zero-order valence-electron chi connectivity index (χ0n) is 11.4. The largest absolute Gasteiger partial charge is 0.458 e. The monoisotopic (exact) mass is 298 g/mol. The van der Waals surface area contributed by atoms with Crippen LogP contribution in [0, 0.1) is 0 Å². The van der Waals surface area contributed by atoms with Crippen LogP contribution in [-0.2, 0) is 19.1 Å². The van der Waals surface area contributed by atoms with Gasteiger partial charge in [-0.25, -0.2) is 0 Å². The van der Waals surface area contributed by atoms with Crippen molar-refractivity contribution in [1.82, 2.24) is 0 Å². The summed E-state index contributed by atoms with van der Waals surface area (Å²) in [6.07, 6.45) is -3.85. The Morgan fingerprint density at radius 3 is 2.00 bits per heavy atom. The van der Waals surface area contributed by atoms with Crippen LogP contribution >= 0.6 is 0 Å². The van der Waals surface area contributed by atoms with Crippen LogP contribution in [0.3, 0.4) is 0 Å².